The van der Waals surface area contributed by atoms with Crippen LogP contribution in [0.1, 0.15) is 5.69 Å². The summed E-state index contributed by atoms with van der Waals surface area (Å²) in [5, 5.41) is 7.83. The lowest BCUT2D eigenvalue weighted by atomic mass is 10.5. The molecule has 2 rings (SSSR count). The van der Waals surface area contributed by atoms with E-state index in [-0.39, 0.29) is 0 Å². The zero-order valence-electron chi connectivity index (χ0n) is 6.88. The van der Waals surface area contributed by atoms with E-state index in [2.05, 4.69) is 14.9 Å². The van der Waals surface area contributed by atoms with Crippen molar-refractivity contribution in [3.63, 3.8) is 0 Å². The molecular formula is C8H10N4. The van der Waals surface area contributed by atoms with Gasteiger partial charge in [0.25, 0.3) is 0 Å². The number of rotatable bonds is 2. The fourth-order valence-electron chi connectivity index (χ4n) is 1.13. The largest absolute Gasteiger partial charge is 0.348 e. The number of aromatic nitrogens is 4. The van der Waals surface area contributed by atoms with Gasteiger partial charge in [-0.3, -0.25) is 4.68 Å². The predicted molar refractivity (Wildman–Crippen MR) is 44.5 cm³/mol. The quantitative estimate of drug-likeness (QED) is 0.650. The molecule has 0 saturated carbocycles. The second kappa shape index (κ2) is 2.81. The van der Waals surface area contributed by atoms with Gasteiger partial charge >= 0.3 is 0 Å². The Morgan fingerprint density at radius 3 is 2.67 bits per heavy atom. The van der Waals surface area contributed by atoms with E-state index in [4.69, 9.17) is 0 Å². The first-order valence-electron chi connectivity index (χ1n) is 3.80. The Morgan fingerprint density at radius 1 is 1.33 bits per heavy atom. The number of aryl methyl sites for hydroxylation is 1. The van der Waals surface area contributed by atoms with Crippen LogP contribution in [0.2, 0.25) is 0 Å². The fourth-order valence-corrected chi connectivity index (χ4v) is 1.13. The van der Waals surface area contributed by atoms with E-state index in [0.29, 0.717) is 0 Å². The van der Waals surface area contributed by atoms with Crippen molar-refractivity contribution < 1.29 is 0 Å². The molecule has 0 N–H and O–H groups in total. The Kier molecular flexibility index (Phi) is 1.66. The summed E-state index contributed by atoms with van der Waals surface area (Å²) in [5.41, 5.74) is 0.980. The minimum absolute atomic E-state index is 0.792. The fraction of sp³-hybridized carbons (Fsp3) is 0.250. The van der Waals surface area contributed by atoms with Gasteiger partial charge in [-0.05, 0) is 12.1 Å². The second-order valence-electron chi connectivity index (χ2n) is 2.74. The molecule has 0 aliphatic rings. The van der Waals surface area contributed by atoms with Crippen molar-refractivity contribution in [2.45, 2.75) is 6.54 Å². The van der Waals surface area contributed by atoms with Crippen LogP contribution in [0, 0.1) is 0 Å². The molecule has 0 aliphatic heterocycles. The topological polar surface area (TPSA) is 35.6 Å². The lowest BCUT2D eigenvalue weighted by molar-refractivity contribution is 0.709. The Balaban J connectivity index is 2.14. The molecular weight excluding hydrogens is 152 g/mol. The third-order valence-electron chi connectivity index (χ3n) is 1.66. The van der Waals surface area contributed by atoms with Gasteiger partial charge in [-0.1, -0.05) is 5.21 Å². The SMILES string of the molecule is Cn1cc(Cn2cccc2)nn1. The number of hydrogen-bond donors (Lipinski definition) is 0. The van der Waals surface area contributed by atoms with E-state index in [1.54, 1.807) is 4.68 Å². The molecule has 12 heavy (non-hydrogen) atoms. The van der Waals surface area contributed by atoms with Gasteiger partial charge in [-0.15, -0.1) is 5.10 Å². The van der Waals surface area contributed by atoms with Crippen molar-refractivity contribution in [3.8, 4) is 0 Å². The van der Waals surface area contributed by atoms with E-state index < -0.39 is 0 Å². The molecule has 0 unspecified atom stereocenters. The van der Waals surface area contributed by atoms with Crippen molar-refractivity contribution in [1.82, 2.24) is 19.6 Å². The van der Waals surface area contributed by atoms with Gasteiger partial charge in [0, 0.05) is 25.6 Å². The van der Waals surface area contributed by atoms with E-state index >= 15 is 0 Å². The molecule has 62 valence electrons. The third-order valence-corrected chi connectivity index (χ3v) is 1.66. The van der Waals surface area contributed by atoms with E-state index in [9.17, 15) is 0 Å². The average molecular weight is 162 g/mol. The predicted octanol–water partition coefficient (Wildman–Crippen LogP) is 0.665. The smallest absolute Gasteiger partial charge is 0.102 e. The zero-order chi connectivity index (χ0) is 8.39. The number of hydrogen-bond acceptors (Lipinski definition) is 2. The summed E-state index contributed by atoms with van der Waals surface area (Å²) in [6, 6.07) is 3.99. The molecule has 4 nitrogen and oxygen atoms in total. The molecule has 0 radical (unpaired) electrons. The highest BCUT2D eigenvalue weighted by molar-refractivity contribution is 4.98. The molecule has 0 aliphatic carbocycles. The van der Waals surface area contributed by atoms with Crippen LogP contribution < -0.4 is 0 Å². The molecule has 0 atom stereocenters. The van der Waals surface area contributed by atoms with Gasteiger partial charge in [-0.2, -0.15) is 0 Å². The normalized spacial score (nSPS) is 10.4. The second-order valence-corrected chi connectivity index (χ2v) is 2.74. The maximum atomic E-state index is 3.98. The summed E-state index contributed by atoms with van der Waals surface area (Å²) in [4.78, 5) is 0. The first kappa shape index (κ1) is 7.09. The molecule has 4 heteroatoms. The molecule has 0 fully saturated rings. The maximum absolute atomic E-state index is 3.98. The highest BCUT2D eigenvalue weighted by atomic mass is 15.4. The monoisotopic (exact) mass is 162 g/mol. The van der Waals surface area contributed by atoms with E-state index in [1.807, 2.05) is 37.8 Å². The summed E-state index contributed by atoms with van der Waals surface area (Å²) >= 11 is 0. The molecule has 2 heterocycles. The van der Waals surface area contributed by atoms with Crippen LogP contribution in [0.3, 0.4) is 0 Å². The standard InChI is InChI=1S/C8H10N4/c1-11-6-8(9-10-11)7-12-4-2-3-5-12/h2-6H,7H2,1H3. The van der Waals surface area contributed by atoms with Gasteiger partial charge < -0.3 is 4.57 Å². The molecule has 0 spiro atoms. The molecule has 0 amide bonds. The lowest BCUT2D eigenvalue weighted by Gasteiger charge is -1.95. The number of nitrogens with zero attached hydrogens (tertiary/aromatic N) is 4. The Bertz CT molecular complexity index is 347. The summed E-state index contributed by atoms with van der Waals surface area (Å²) in [7, 11) is 1.87. The first-order chi connectivity index (χ1) is 5.84. The van der Waals surface area contributed by atoms with Gasteiger partial charge in [-0.25, -0.2) is 0 Å². The molecule has 2 aromatic heterocycles. The highest BCUT2D eigenvalue weighted by Gasteiger charge is 1.97. The molecule has 0 saturated heterocycles. The molecule has 0 bridgehead atoms. The molecule has 2 aromatic rings. The van der Waals surface area contributed by atoms with Gasteiger partial charge in [0.15, 0.2) is 0 Å². The summed E-state index contributed by atoms with van der Waals surface area (Å²) in [5.74, 6) is 0. The average Bonchev–Trinajstić information content (AvgIpc) is 2.63. The van der Waals surface area contributed by atoms with Crippen molar-refractivity contribution in [3.05, 3.63) is 36.4 Å². The van der Waals surface area contributed by atoms with Crippen molar-refractivity contribution >= 4 is 0 Å². The van der Waals surface area contributed by atoms with Crippen LogP contribution in [0.25, 0.3) is 0 Å². The van der Waals surface area contributed by atoms with Crippen LogP contribution in [-0.2, 0) is 13.6 Å². The lowest BCUT2D eigenvalue weighted by Crippen LogP contribution is -1.95. The van der Waals surface area contributed by atoms with E-state index in [1.165, 1.54) is 0 Å². The van der Waals surface area contributed by atoms with Gasteiger partial charge in [0.2, 0.25) is 0 Å². The zero-order valence-corrected chi connectivity index (χ0v) is 6.88. The van der Waals surface area contributed by atoms with Crippen LogP contribution in [-0.4, -0.2) is 19.6 Å². The summed E-state index contributed by atoms with van der Waals surface area (Å²) in [6.07, 6.45) is 5.93. The molecule has 0 aromatic carbocycles. The van der Waals surface area contributed by atoms with Gasteiger partial charge in [0.1, 0.15) is 5.69 Å². The Labute approximate surface area is 70.4 Å². The third kappa shape index (κ3) is 1.37. The van der Waals surface area contributed by atoms with Crippen LogP contribution in [0.15, 0.2) is 30.7 Å². The van der Waals surface area contributed by atoms with E-state index in [0.717, 1.165) is 12.2 Å². The minimum Gasteiger partial charge on any atom is -0.348 e. The maximum Gasteiger partial charge on any atom is 0.102 e. The minimum atomic E-state index is 0.792. The van der Waals surface area contributed by atoms with Crippen LogP contribution in [0.5, 0.6) is 0 Å². The summed E-state index contributed by atoms with van der Waals surface area (Å²) < 4.78 is 3.77. The van der Waals surface area contributed by atoms with Gasteiger partial charge in [0.05, 0.1) is 6.54 Å². The Morgan fingerprint density at radius 2 is 2.08 bits per heavy atom. The highest BCUT2D eigenvalue weighted by Crippen LogP contribution is 1.97. The first-order valence-corrected chi connectivity index (χ1v) is 3.80. The summed E-state index contributed by atoms with van der Waals surface area (Å²) in [6.45, 7) is 0.792. The van der Waals surface area contributed by atoms with Crippen molar-refractivity contribution in [2.75, 3.05) is 0 Å². The van der Waals surface area contributed by atoms with Crippen LogP contribution >= 0.6 is 0 Å². The van der Waals surface area contributed by atoms with Crippen molar-refractivity contribution in [1.29, 1.82) is 0 Å². The Hall–Kier alpha value is -1.58. The van der Waals surface area contributed by atoms with Crippen molar-refractivity contribution in [2.24, 2.45) is 7.05 Å². The van der Waals surface area contributed by atoms with Crippen LogP contribution in [0.4, 0.5) is 0 Å².